The number of hydrogen-bond acceptors (Lipinski definition) is 2. The number of hydrogen-bond donors (Lipinski definition) is 3. The fourth-order valence-electron chi connectivity index (χ4n) is 1.55. The summed E-state index contributed by atoms with van der Waals surface area (Å²) < 4.78 is 0. The van der Waals surface area contributed by atoms with Gasteiger partial charge in [0.2, 0.25) is 0 Å². The summed E-state index contributed by atoms with van der Waals surface area (Å²) >= 11 is 3.69. The fourth-order valence-corrected chi connectivity index (χ4v) is 1.72. The van der Waals surface area contributed by atoms with Gasteiger partial charge in [0.1, 0.15) is 0 Å². The first-order chi connectivity index (χ1) is 6.20. The number of nitrogens with one attached hydrogen (secondary N) is 1. The second-order valence-electron chi connectivity index (χ2n) is 3.35. The summed E-state index contributed by atoms with van der Waals surface area (Å²) in [6, 6.07) is 0.135. The number of thiol groups is 1. The molecular weight excluding hydrogens is 184 g/mol. The Morgan fingerprint density at radius 1 is 1.38 bits per heavy atom. The van der Waals surface area contributed by atoms with Crippen molar-refractivity contribution in [2.75, 3.05) is 0 Å². The topological polar surface area (TPSA) is 55.1 Å². The molecule has 0 saturated carbocycles. The Morgan fingerprint density at radius 3 is 2.62 bits per heavy atom. The van der Waals surface area contributed by atoms with Crippen LogP contribution in [-0.4, -0.2) is 17.3 Å². The lowest BCUT2D eigenvalue weighted by Crippen LogP contribution is -2.46. The van der Waals surface area contributed by atoms with E-state index in [1.54, 1.807) is 0 Å². The van der Waals surface area contributed by atoms with Gasteiger partial charge in [-0.3, -0.25) is 4.79 Å². The molecule has 0 saturated heterocycles. The van der Waals surface area contributed by atoms with Gasteiger partial charge in [0.05, 0.1) is 0 Å². The molecule has 1 aliphatic rings. The Labute approximate surface area is 84.2 Å². The molecule has 1 amide bonds. The second-order valence-corrected chi connectivity index (χ2v) is 3.75. The number of rotatable bonds is 1. The lowest BCUT2D eigenvalue weighted by atomic mass is 9.96. The zero-order chi connectivity index (χ0) is 9.68. The Kier molecular flexibility index (Phi) is 4.32. The van der Waals surface area contributed by atoms with E-state index < -0.39 is 0 Å². The van der Waals surface area contributed by atoms with Crippen molar-refractivity contribution >= 4 is 17.9 Å². The summed E-state index contributed by atoms with van der Waals surface area (Å²) in [5.74, 6) is 0. The molecule has 2 atom stereocenters. The van der Waals surface area contributed by atoms with Crippen LogP contribution >= 0.6 is 12.6 Å². The van der Waals surface area contributed by atoms with Crippen LogP contribution in [0.2, 0.25) is 0 Å². The molecule has 0 radical (unpaired) electrons. The van der Waals surface area contributed by atoms with E-state index in [1.807, 2.05) is 0 Å². The van der Waals surface area contributed by atoms with Gasteiger partial charge in [-0.15, -0.1) is 0 Å². The maximum Gasteiger partial charge on any atom is 0.276 e. The minimum atomic E-state index is -0.287. The molecule has 0 aromatic heterocycles. The Hall–Kier alpha value is -0.480. The number of allylic oxidation sites excluding steroid dienone is 2. The molecule has 1 rings (SSSR count). The monoisotopic (exact) mass is 200 g/mol. The quantitative estimate of drug-likeness (QED) is 0.443. The normalized spacial score (nSPS) is 31.5. The van der Waals surface area contributed by atoms with Crippen LogP contribution in [0.4, 0.5) is 4.79 Å². The van der Waals surface area contributed by atoms with Gasteiger partial charge in [0.15, 0.2) is 0 Å². The number of carbonyl (C=O) groups is 1. The average molecular weight is 200 g/mol. The van der Waals surface area contributed by atoms with E-state index in [0.717, 1.165) is 25.7 Å². The SMILES string of the molecule is N[C@H]1CC/C=C/CC[C@H]1NC(=O)S. The van der Waals surface area contributed by atoms with Crippen molar-refractivity contribution in [3.8, 4) is 0 Å². The summed E-state index contributed by atoms with van der Waals surface area (Å²) in [6.45, 7) is 0. The van der Waals surface area contributed by atoms with Crippen LogP contribution in [-0.2, 0) is 0 Å². The standard InChI is InChI=1S/C9H16N2OS/c10-7-5-3-1-2-4-6-8(7)11-9(12)13/h1-2,7-8H,3-6,10H2,(H2,11,12,13)/b2-1+/t7-,8+/m0/s1. The van der Waals surface area contributed by atoms with Crippen molar-refractivity contribution in [2.45, 2.75) is 37.8 Å². The molecule has 0 aliphatic heterocycles. The molecule has 13 heavy (non-hydrogen) atoms. The minimum Gasteiger partial charge on any atom is -0.343 e. The molecule has 0 fully saturated rings. The van der Waals surface area contributed by atoms with E-state index in [2.05, 4.69) is 30.1 Å². The van der Waals surface area contributed by atoms with Crippen molar-refractivity contribution in [3.05, 3.63) is 12.2 Å². The Bertz CT molecular complexity index is 206. The van der Waals surface area contributed by atoms with Gasteiger partial charge in [0.25, 0.3) is 5.24 Å². The lowest BCUT2D eigenvalue weighted by molar-refractivity contribution is 0.254. The van der Waals surface area contributed by atoms with E-state index >= 15 is 0 Å². The Balaban J connectivity index is 2.48. The maximum absolute atomic E-state index is 10.7. The highest BCUT2D eigenvalue weighted by Crippen LogP contribution is 2.11. The molecule has 0 heterocycles. The molecule has 3 N–H and O–H groups in total. The van der Waals surface area contributed by atoms with Gasteiger partial charge in [-0.2, -0.15) is 0 Å². The maximum atomic E-state index is 10.7. The first-order valence-corrected chi connectivity index (χ1v) is 5.05. The van der Waals surface area contributed by atoms with Crippen LogP contribution in [0.3, 0.4) is 0 Å². The van der Waals surface area contributed by atoms with Crippen LogP contribution in [0.1, 0.15) is 25.7 Å². The summed E-state index contributed by atoms with van der Waals surface area (Å²) in [6.07, 6.45) is 8.11. The molecule has 74 valence electrons. The summed E-state index contributed by atoms with van der Waals surface area (Å²) in [5.41, 5.74) is 5.91. The van der Waals surface area contributed by atoms with Crippen LogP contribution < -0.4 is 11.1 Å². The van der Waals surface area contributed by atoms with E-state index in [4.69, 9.17) is 5.73 Å². The fraction of sp³-hybridized carbons (Fsp3) is 0.667. The largest absolute Gasteiger partial charge is 0.343 e. The van der Waals surface area contributed by atoms with Crippen LogP contribution in [0.25, 0.3) is 0 Å². The molecule has 0 aromatic rings. The van der Waals surface area contributed by atoms with E-state index in [9.17, 15) is 4.79 Å². The van der Waals surface area contributed by atoms with E-state index in [1.165, 1.54) is 0 Å². The minimum absolute atomic E-state index is 0.0565. The molecule has 3 nitrogen and oxygen atoms in total. The van der Waals surface area contributed by atoms with Crippen LogP contribution in [0.5, 0.6) is 0 Å². The van der Waals surface area contributed by atoms with Gasteiger partial charge in [-0.25, -0.2) is 0 Å². The predicted molar refractivity (Wildman–Crippen MR) is 56.9 cm³/mol. The number of nitrogens with two attached hydrogens (primary N) is 1. The molecule has 0 bridgehead atoms. The zero-order valence-corrected chi connectivity index (χ0v) is 8.47. The highest BCUT2D eigenvalue weighted by atomic mass is 32.1. The molecule has 0 unspecified atom stereocenters. The van der Waals surface area contributed by atoms with Crippen molar-refractivity contribution in [1.82, 2.24) is 5.32 Å². The summed E-state index contributed by atoms with van der Waals surface area (Å²) in [7, 11) is 0. The second kappa shape index (κ2) is 5.29. The van der Waals surface area contributed by atoms with Gasteiger partial charge >= 0.3 is 0 Å². The first kappa shape index (κ1) is 10.6. The van der Waals surface area contributed by atoms with Crippen LogP contribution in [0, 0.1) is 0 Å². The van der Waals surface area contributed by atoms with Gasteiger partial charge in [-0.1, -0.05) is 24.8 Å². The predicted octanol–water partition coefficient (Wildman–Crippen LogP) is 1.45. The van der Waals surface area contributed by atoms with Gasteiger partial charge in [0, 0.05) is 12.1 Å². The molecule has 1 aliphatic carbocycles. The summed E-state index contributed by atoms with van der Waals surface area (Å²) in [5, 5.41) is 2.48. The van der Waals surface area contributed by atoms with Crippen LogP contribution in [0.15, 0.2) is 12.2 Å². The summed E-state index contributed by atoms with van der Waals surface area (Å²) in [4.78, 5) is 10.7. The van der Waals surface area contributed by atoms with Crippen molar-refractivity contribution in [3.63, 3.8) is 0 Å². The van der Waals surface area contributed by atoms with Crippen molar-refractivity contribution < 1.29 is 4.79 Å². The highest BCUT2D eigenvalue weighted by molar-refractivity contribution is 7.96. The smallest absolute Gasteiger partial charge is 0.276 e. The third-order valence-corrected chi connectivity index (χ3v) is 2.43. The van der Waals surface area contributed by atoms with E-state index in [0.29, 0.717) is 0 Å². The molecule has 0 spiro atoms. The third-order valence-electron chi connectivity index (χ3n) is 2.30. The third kappa shape index (κ3) is 3.83. The number of amides is 1. The van der Waals surface area contributed by atoms with Gasteiger partial charge in [-0.05, 0) is 25.7 Å². The molecule has 0 aromatic carbocycles. The average Bonchev–Trinajstić information content (AvgIpc) is 2.04. The van der Waals surface area contributed by atoms with E-state index in [-0.39, 0.29) is 17.3 Å². The zero-order valence-electron chi connectivity index (χ0n) is 7.57. The van der Waals surface area contributed by atoms with Crippen molar-refractivity contribution in [1.29, 1.82) is 0 Å². The number of carbonyl (C=O) groups excluding carboxylic acids is 1. The molecular formula is C9H16N2OS. The molecule has 4 heteroatoms. The lowest BCUT2D eigenvalue weighted by Gasteiger charge is -2.24. The highest BCUT2D eigenvalue weighted by Gasteiger charge is 2.18. The van der Waals surface area contributed by atoms with Crippen molar-refractivity contribution in [2.24, 2.45) is 5.73 Å². The first-order valence-electron chi connectivity index (χ1n) is 4.60. The van der Waals surface area contributed by atoms with Gasteiger partial charge < -0.3 is 11.1 Å². The Morgan fingerprint density at radius 2 is 2.00 bits per heavy atom.